The number of anilines is 1. The summed E-state index contributed by atoms with van der Waals surface area (Å²) in [5, 5.41) is 5.53. The fourth-order valence-electron chi connectivity index (χ4n) is 1.90. The Morgan fingerprint density at radius 1 is 1.23 bits per heavy atom. The highest BCUT2D eigenvalue weighted by Gasteiger charge is 2.21. The molecular weight excluding hydrogens is 284 g/mol. The van der Waals surface area contributed by atoms with Gasteiger partial charge in [-0.05, 0) is 30.0 Å². The smallest absolute Gasteiger partial charge is 0.408 e. The first-order valence-corrected chi connectivity index (χ1v) is 7.16. The molecule has 1 rings (SSSR count). The van der Waals surface area contributed by atoms with Crippen molar-refractivity contribution in [1.29, 1.82) is 0 Å². The normalized spacial score (nSPS) is 11.7. The van der Waals surface area contributed by atoms with E-state index in [0.29, 0.717) is 6.42 Å². The van der Waals surface area contributed by atoms with Gasteiger partial charge in [-0.15, -0.1) is 0 Å². The third kappa shape index (κ3) is 6.01. The molecule has 1 aromatic rings. The van der Waals surface area contributed by atoms with Crippen molar-refractivity contribution >= 4 is 17.7 Å². The van der Waals surface area contributed by atoms with Crippen LogP contribution in [0.5, 0.6) is 0 Å². The highest BCUT2D eigenvalue weighted by molar-refractivity contribution is 5.85. The van der Waals surface area contributed by atoms with Crippen molar-refractivity contribution in [3.8, 4) is 0 Å². The van der Waals surface area contributed by atoms with Crippen molar-refractivity contribution in [2.75, 3.05) is 12.4 Å². The molecule has 1 atom stereocenters. The third-order valence-electron chi connectivity index (χ3n) is 3.07. The van der Waals surface area contributed by atoms with Crippen molar-refractivity contribution in [3.63, 3.8) is 0 Å². The van der Waals surface area contributed by atoms with E-state index in [1.807, 2.05) is 50.6 Å². The molecule has 1 aromatic carbocycles. The van der Waals surface area contributed by atoms with E-state index >= 15 is 0 Å². The summed E-state index contributed by atoms with van der Waals surface area (Å²) in [4.78, 5) is 23.4. The number of amides is 2. The third-order valence-corrected chi connectivity index (χ3v) is 3.07. The molecule has 0 aliphatic rings. The zero-order valence-corrected chi connectivity index (χ0v) is 13.2. The maximum absolute atomic E-state index is 11.8. The number of rotatable bonds is 7. The van der Waals surface area contributed by atoms with Crippen LogP contribution >= 0.6 is 0 Å². The molecule has 0 aromatic heterocycles. The minimum atomic E-state index is -0.704. The molecule has 0 unspecified atom stereocenters. The highest BCUT2D eigenvalue weighted by Crippen LogP contribution is 2.10. The van der Waals surface area contributed by atoms with E-state index in [4.69, 9.17) is 10.6 Å². The van der Waals surface area contributed by atoms with E-state index in [1.54, 1.807) is 0 Å². The Bertz CT molecular complexity index is 488. The van der Waals surface area contributed by atoms with Crippen LogP contribution in [0, 0.1) is 5.92 Å². The number of nitrogens with two attached hydrogens (primary N) is 1. The van der Waals surface area contributed by atoms with Gasteiger partial charge in [-0.2, -0.15) is 0 Å². The first-order valence-electron chi connectivity index (χ1n) is 7.16. The highest BCUT2D eigenvalue weighted by atomic mass is 16.5. The maximum Gasteiger partial charge on any atom is 0.408 e. The molecule has 0 fully saturated rings. The summed E-state index contributed by atoms with van der Waals surface area (Å²) in [6, 6.07) is 6.79. The molecule has 5 N–H and O–H groups in total. The fourth-order valence-corrected chi connectivity index (χ4v) is 1.90. The molecule has 0 saturated heterocycles. The predicted molar refractivity (Wildman–Crippen MR) is 84.9 cm³/mol. The number of carbonyl (C=O) groups is 2. The number of ether oxygens (including phenoxy) is 1. The lowest BCUT2D eigenvalue weighted by Gasteiger charge is -2.18. The molecule has 7 nitrogen and oxygen atoms in total. The quantitative estimate of drug-likeness (QED) is 0.346. The lowest BCUT2D eigenvalue weighted by Crippen LogP contribution is -2.49. The first-order chi connectivity index (χ1) is 10.5. The summed E-state index contributed by atoms with van der Waals surface area (Å²) in [6.45, 7) is 4.04. The van der Waals surface area contributed by atoms with Crippen LogP contribution in [-0.2, 0) is 16.1 Å². The van der Waals surface area contributed by atoms with Crippen molar-refractivity contribution in [2.45, 2.75) is 32.9 Å². The van der Waals surface area contributed by atoms with Gasteiger partial charge >= 0.3 is 6.09 Å². The lowest BCUT2D eigenvalue weighted by molar-refractivity contribution is -0.123. The Hall–Kier alpha value is -2.28. The summed E-state index contributed by atoms with van der Waals surface area (Å²) in [6.07, 6.45) is -0.165. The standard InChI is InChI=1S/C15H24N4O3/c1-10(2)8-13(14(20)19-16)18-15(21)22-9-11-4-6-12(17-3)7-5-11/h4-7,10,13,17H,8-9,16H2,1-3H3,(H,18,21)(H,19,20)/t13-/m1/s1. The zero-order valence-electron chi connectivity index (χ0n) is 13.2. The van der Waals surface area contributed by atoms with Crippen LogP contribution in [0.15, 0.2) is 24.3 Å². The van der Waals surface area contributed by atoms with Gasteiger partial charge in [0.2, 0.25) is 0 Å². The molecule has 0 bridgehead atoms. The monoisotopic (exact) mass is 308 g/mol. The van der Waals surface area contributed by atoms with Crippen molar-refractivity contribution < 1.29 is 14.3 Å². The fraction of sp³-hybridized carbons (Fsp3) is 0.467. The van der Waals surface area contributed by atoms with Gasteiger partial charge in [-0.25, -0.2) is 10.6 Å². The van der Waals surface area contributed by atoms with Gasteiger partial charge < -0.3 is 15.4 Å². The number of carbonyl (C=O) groups excluding carboxylic acids is 2. The van der Waals surface area contributed by atoms with Crippen LogP contribution in [0.3, 0.4) is 0 Å². The van der Waals surface area contributed by atoms with E-state index in [1.165, 1.54) is 0 Å². The Morgan fingerprint density at radius 2 is 1.86 bits per heavy atom. The molecule has 122 valence electrons. The second kappa shape index (κ2) is 8.89. The molecule has 0 aliphatic carbocycles. The zero-order chi connectivity index (χ0) is 16.5. The van der Waals surface area contributed by atoms with Gasteiger partial charge in [0, 0.05) is 12.7 Å². The Kier molecular flexibility index (Phi) is 7.18. The molecule has 2 amide bonds. The van der Waals surface area contributed by atoms with Gasteiger partial charge in [0.05, 0.1) is 0 Å². The molecule has 7 heteroatoms. The summed E-state index contributed by atoms with van der Waals surface area (Å²) >= 11 is 0. The second-order valence-corrected chi connectivity index (χ2v) is 5.36. The van der Waals surface area contributed by atoms with Crippen LogP contribution in [0.25, 0.3) is 0 Å². The van der Waals surface area contributed by atoms with Crippen LogP contribution in [0.1, 0.15) is 25.8 Å². The minimum absolute atomic E-state index is 0.133. The molecule has 0 heterocycles. The molecular formula is C15H24N4O3. The topological polar surface area (TPSA) is 105 Å². The largest absolute Gasteiger partial charge is 0.445 e. The van der Waals surface area contributed by atoms with E-state index in [9.17, 15) is 9.59 Å². The summed E-state index contributed by atoms with van der Waals surface area (Å²) in [5.41, 5.74) is 3.88. The summed E-state index contributed by atoms with van der Waals surface area (Å²) < 4.78 is 5.12. The number of hydrazine groups is 1. The lowest BCUT2D eigenvalue weighted by atomic mass is 10.0. The number of nitrogens with one attached hydrogen (secondary N) is 3. The van der Waals surface area contributed by atoms with Crippen molar-refractivity contribution in [1.82, 2.24) is 10.7 Å². The van der Waals surface area contributed by atoms with Gasteiger partial charge in [-0.3, -0.25) is 10.2 Å². The average Bonchev–Trinajstić information content (AvgIpc) is 2.51. The van der Waals surface area contributed by atoms with Gasteiger partial charge in [0.25, 0.3) is 5.91 Å². The first kappa shape index (κ1) is 17.8. The Labute approximate surface area is 130 Å². The van der Waals surface area contributed by atoms with E-state index in [-0.39, 0.29) is 12.5 Å². The molecule has 22 heavy (non-hydrogen) atoms. The van der Waals surface area contributed by atoms with Gasteiger partial charge in [0.15, 0.2) is 0 Å². The van der Waals surface area contributed by atoms with E-state index in [2.05, 4.69) is 10.6 Å². The minimum Gasteiger partial charge on any atom is -0.445 e. The number of alkyl carbamates (subject to hydrolysis) is 1. The van der Waals surface area contributed by atoms with Crippen molar-refractivity contribution in [3.05, 3.63) is 29.8 Å². The van der Waals surface area contributed by atoms with Gasteiger partial charge in [-0.1, -0.05) is 26.0 Å². The van der Waals surface area contributed by atoms with Crippen molar-refractivity contribution in [2.24, 2.45) is 11.8 Å². The number of hydrogen-bond acceptors (Lipinski definition) is 5. The maximum atomic E-state index is 11.8. The molecule has 0 spiro atoms. The summed E-state index contributed by atoms with van der Waals surface area (Å²) in [5.74, 6) is 4.91. The van der Waals surface area contributed by atoms with E-state index in [0.717, 1.165) is 11.3 Å². The molecule has 0 aliphatic heterocycles. The SMILES string of the molecule is CNc1ccc(COC(=O)N[C@H](CC(C)C)C(=O)NN)cc1. The van der Waals surface area contributed by atoms with Crippen LogP contribution in [0.2, 0.25) is 0 Å². The molecule has 0 saturated carbocycles. The van der Waals surface area contributed by atoms with Crippen LogP contribution < -0.4 is 21.9 Å². The van der Waals surface area contributed by atoms with Crippen LogP contribution in [-0.4, -0.2) is 25.1 Å². The molecule has 0 radical (unpaired) electrons. The Morgan fingerprint density at radius 3 is 2.36 bits per heavy atom. The Balaban J connectivity index is 2.50. The second-order valence-electron chi connectivity index (χ2n) is 5.36. The number of benzene rings is 1. The van der Waals surface area contributed by atoms with E-state index < -0.39 is 18.0 Å². The van der Waals surface area contributed by atoms with Crippen LogP contribution in [0.4, 0.5) is 10.5 Å². The predicted octanol–water partition coefficient (Wildman–Crippen LogP) is 1.36. The summed E-state index contributed by atoms with van der Waals surface area (Å²) in [7, 11) is 1.83. The van der Waals surface area contributed by atoms with Gasteiger partial charge in [0.1, 0.15) is 12.6 Å². The number of hydrogen-bond donors (Lipinski definition) is 4. The average molecular weight is 308 g/mol.